The third-order valence-corrected chi connectivity index (χ3v) is 18.9. The lowest BCUT2D eigenvalue weighted by atomic mass is 10.1. The average molecular weight is 1950 g/mol. The lowest BCUT2D eigenvalue weighted by Crippen LogP contribution is -2.40. The maximum absolute atomic E-state index is 12.3. The number of hydrogen-bond donors (Lipinski definition) is 12. The molecule has 130 heavy (non-hydrogen) atoms. The summed E-state index contributed by atoms with van der Waals surface area (Å²) >= 11 is 0. The van der Waals surface area contributed by atoms with Crippen LogP contribution in [0.4, 0.5) is 0 Å². The molecule has 5 rings (SSSR count). The summed E-state index contributed by atoms with van der Waals surface area (Å²) in [6.07, 6.45) is -9.12. The highest BCUT2D eigenvalue weighted by Gasteiger charge is 2.44. The Morgan fingerprint density at radius 2 is 0.700 bits per heavy atom. The van der Waals surface area contributed by atoms with Gasteiger partial charge in [0.1, 0.15) is 56.9 Å². The first-order valence-corrected chi connectivity index (χ1v) is 46.2. The predicted octanol–water partition coefficient (Wildman–Crippen LogP) is 11.1. The smallest absolute Gasteiger partial charge is 0.475 e. The molecule has 48 heteroatoms. The first kappa shape index (κ1) is 126. The van der Waals surface area contributed by atoms with Crippen molar-refractivity contribution in [2.24, 2.45) is 0 Å². The van der Waals surface area contributed by atoms with Crippen LogP contribution in [-0.2, 0) is 126 Å². The molecular formula is C82H140O44P4-2. The third-order valence-electron chi connectivity index (χ3n) is 13.7. The second-order valence-electron chi connectivity index (χ2n) is 35.7. The van der Waals surface area contributed by atoms with Gasteiger partial charge in [-0.05, 0) is 172 Å². The molecule has 1 aromatic rings. The van der Waals surface area contributed by atoms with E-state index < -0.39 is 208 Å². The van der Waals surface area contributed by atoms with E-state index in [2.05, 4.69) is 46.7 Å². The summed E-state index contributed by atoms with van der Waals surface area (Å²) in [4.78, 5) is 77.1. The number of rotatable bonds is 29. The molecule has 0 aromatic carbocycles. The Morgan fingerprint density at radius 1 is 0.400 bits per heavy atom. The molecule has 0 amide bonds. The molecule has 0 radical (unpaired) electrons. The molecule has 0 saturated carbocycles. The third kappa shape index (κ3) is 54.1. The minimum absolute atomic E-state index is 0.00120. The fourth-order valence-electron chi connectivity index (χ4n) is 9.06. The van der Waals surface area contributed by atoms with E-state index in [0.717, 1.165) is 20.4 Å². The first-order chi connectivity index (χ1) is 58.3. The van der Waals surface area contributed by atoms with Gasteiger partial charge in [-0.3, -0.25) is 46.3 Å². The van der Waals surface area contributed by atoms with Crippen LogP contribution in [-0.4, -0.2) is 260 Å². The highest BCUT2D eigenvalue weighted by molar-refractivity contribution is 7.50. The number of phosphoric ester groups is 2. The number of methoxy groups -OCH3 is 3. The topological polar surface area (TPSA) is 640 Å². The normalized spacial score (nSPS) is 19.5. The van der Waals surface area contributed by atoms with Crippen molar-refractivity contribution >= 4 is 73.3 Å². The zero-order valence-electron chi connectivity index (χ0n) is 80.1. The average Bonchev–Trinajstić information content (AvgIpc) is 1.72. The van der Waals surface area contributed by atoms with Crippen molar-refractivity contribution in [1.82, 2.24) is 0 Å². The quantitative estimate of drug-likeness (QED) is 0.0201. The number of carbonyl (C=O) groups is 5. The van der Waals surface area contributed by atoms with E-state index in [1.165, 1.54) is 34.5 Å². The number of hydrogen-bond acceptors (Lipinski definition) is 44. The van der Waals surface area contributed by atoms with Gasteiger partial charge >= 0.3 is 45.5 Å². The monoisotopic (exact) mass is 1950 g/mol. The standard InChI is InChI=1S/C15H22O8.C14H23O7P.C12H21O8P.C11H16O6.C11H18O5.C9H16O4.2C5H13O3P/c1-8-12(19)13(20)14(22-8)9(16)7-21-10(17)5-6-11(18)23-15(2,3)4;1-10-12(16-5)13(17-6)11(20-10)8-9-19-22(15,18-7)21-14(2,3)4;1-7-9(14)10(15)11(19-7)8(13)6-18-21(16,17-5)20-12(2,3)4;1-5-6(12)7(13)9(16-5)8(14)10(15)17-11(2,3)4;1-6-8(13)9(14)10(16-6)7(12)5-15-11(2,3)4;1-9(2,3)13-8(11)6-5-7(10)12-4;2*1-5(2,3)8-9(4,6)7/h9,14,16,19-20H,1,5-7H2,2-4H3;8H,1,9H2,2-7H3;8,11,13-15H,1,6H2,2-5H3;8-9,12-14H,1H2,2-4H3;7,10,12-14H,1,5H2,2-4H3;5-6H2,1-4H3;2*1-4H3,(H,6,7)/p-2/b;11-8+;;;;;;/t;;8-,11+,21?;;;;;/m..0...../s1. The van der Waals surface area contributed by atoms with Crippen molar-refractivity contribution in [3.63, 3.8) is 0 Å². The molecule has 10 unspecified atom stereocenters. The van der Waals surface area contributed by atoms with Crippen LogP contribution in [0.2, 0.25) is 0 Å². The first-order valence-electron chi connectivity index (χ1n) is 39.3. The Hall–Kier alpha value is -8.19. The Morgan fingerprint density at radius 3 is 0.969 bits per heavy atom. The van der Waals surface area contributed by atoms with Crippen LogP contribution >= 0.6 is 30.8 Å². The van der Waals surface area contributed by atoms with Crippen molar-refractivity contribution in [2.45, 2.75) is 285 Å². The fourth-order valence-corrected chi connectivity index (χ4v) is 13.5. The van der Waals surface area contributed by atoms with E-state index in [9.17, 15) is 113 Å². The summed E-state index contributed by atoms with van der Waals surface area (Å²) in [6, 6.07) is 0. The predicted molar refractivity (Wildman–Crippen MR) is 466 cm³/mol. The second-order valence-corrected chi connectivity index (χ2v) is 42.5. The molecule has 4 aliphatic heterocycles. The molecule has 754 valence electrons. The van der Waals surface area contributed by atoms with Crippen LogP contribution in [0.25, 0.3) is 12.7 Å². The molecule has 44 nitrogen and oxygen atoms in total. The lowest BCUT2D eigenvalue weighted by molar-refractivity contribution is -0.205. The van der Waals surface area contributed by atoms with Gasteiger partial charge in [-0.1, -0.05) is 32.9 Å². The van der Waals surface area contributed by atoms with Crippen LogP contribution in [0.15, 0.2) is 99.8 Å². The number of aliphatic hydroxyl groups excluding tert-OH is 12. The summed E-state index contributed by atoms with van der Waals surface area (Å²) in [5.41, 5.74) is -4.23. The fraction of sp³-hybridized carbons (Fsp3) is 0.671. The van der Waals surface area contributed by atoms with E-state index in [1.807, 2.05) is 20.8 Å². The molecule has 0 bridgehead atoms. The van der Waals surface area contributed by atoms with Gasteiger partial charge in [-0.2, -0.15) is 0 Å². The van der Waals surface area contributed by atoms with Gasteiger partial charge in [0.05, 0.1) is 94.8 Å². The van der Waals surface area contributed by atoms with E-state index in [0.29, 0.717) is 22.3 Å². The van der Waals surface area contributed by atoms with Crippen molar-refractivity contribution in [2.75, 3.05) is 75.3 Å². The van der Waals surface area contributed by atoms with Crippen LogP contribution in [0.3, 0.4) is 0 Å². The van der Waals surface area contributed by atoms with Gasteiger partial charge in [-0.25, -0.2) is 13.9 Å². The number of esters is 5. The largest absolute Gasteiger partial charge is 0.779 e. The SMILES string of the molecule is C=C1OC(C(O)C(=O)OC(C)(C)C)C(O)=C1O.C=C1OC(C(O)COC(=O)CCC(=O)OC(C)(C)C)C(O)=C1O.C=C1OC(C(O)COC(C)(C)C)C(O)=C1O.C=C1O[C@H]([C@@H](O)COP(=O)(OC)OC(C)(C)C)C(O)=C1O.C=c1o/c(=C/COP(=O)(OC)OC(C)(C)C)c(OC)c1OC.CC(C)(C)OP(C)(=O)[O-].CC(C)(C)OP(C)(=O)[O-].COC(=O)CCC(=O)OC(C)(C)C. The summed E-state index contributed by atoms with van der Waals surface area (Å²) < 4.78 is 150. The second kappa shape index (κ2) is 53.0. The maximum atomic E-state index is 12.3. The number of carbonyl (C=O) groups excluding carboxylic acids is 5. The van der Waals surface area contributed by atoms with Crippen molar-refractivity contribution in [3.8, 4) is 11.5 Å². The molecule has 0 saturated heterocycles. The Bertz CT molecular complexity index is 4320. The molecule has 0 aliphatic carbocycles. The number of phosphoric acid groups is 2. The van der Waals surface area contributed by atoms with Gasteiger partial charge < -0.3 is 151 Å². The van der Waals surface area contributed by atoms with Crippen LogP contribution in [0.1, 0.15) is 192 Å². The van der Waals surface area contributed by atoms with Gasteiger partial charge in [0.2, 0.25) is 11.5 Å². The van der Waals surface area contributed by atoms with Gasteiger partial charge in [-0.15, -0.1) is 0 Å². The Kier molecular flexibility index (Phi) is 51.4. The van der Waals surface area contributed by atoms with E-state index in [-0.39, 0.29) is 67.9 Å². The maximum Gasteiger partial charge on any atom is 0.475 e. The molecule has 0 spiro atoms. The minimum atomic E-state index is -3.86. The zero-order valence-corrected chi connectivity index (χ0v) is 83.7. The van der Waals surface area contributed by atoms with Gasteiger partial charge in [0, 0.05) is 27.5 Å². The van der Waals surface area contributed by atoms with Crippen molar-refractivity contribution in [3.05, 3.63) is 106 Å². The van der Waals surface area contributed by atoms with Crippen molar-refractivity contribution < 1.29 is 211 Å². The molecule has 5 heterocycles. The lowest BCUT2D eigenvalue weighted by Gasteiger charge is -2.28. The molecule has 1 aromatic heterocycles. The molecule has 4 aliphatic rings. The summed E-state index contributed by atoms with van der Waals surface area (Å²) in [7, 11) is -7.93. The molecule has 12 N–H and O–H groups in total. The summed E-state index contributed by atoms with van der Waals surface area (Å²) in [5, 5.41) is 114. The summed E-state index contributed by atoms with van der Waals surface area (Å²) in [5.74, 6) is -7.03. The van der Waals surface area contributed by atoms with E-state index in [1.54, 1.807) is 145 Å². The number of ether oxygens (including phenoxy) is 12. The summed E-state index contributed by atoms with van der Waals surface area (Å²) in [6.45, 7) is 59.5. The highest BCUT2D eigenvalue weighted by atomic mass is 31.2. The van der Waals surface area contributed by atoms with Crippen LogP contribution < -0.4 is 30.1 Å². The number of aliphatic hydroxyl groups is 12. The van der Waals surface area contributed by atoms with Crippen LogP contribution in [0, 0.1) is 0 Å². The minimum Gasteiger partial charge on any atom is -0.779 e. The Labute approximate surface area is 759 Å². The molecular weight excluding hydrogens is 1810 g/mol. The van der Waals surface area contributed by atoms with E-state index in [4.69, 9.17) is 83.7 Å². The Balaban J connectivity index is -0.00000144. The highest BCUT2D eigenvalue weighted by Crippen LogP contribution is 2.53. The zero-order chi connectivity index (χ0) is 103. The van der Waals surface area contributed by atoms with Gasteiger partial charge in [0.15, 0.2) is 110 Å². The van der Waals surface area contributed by atoms with Crippen molar-refractivity contribution in [1.29, 1.82) is 0 Å². The van der Waals surface area contributed by atoms with Crippen LogP contribution in [0.5, 0.6) is 11.5 Å². The molecule has 12 atom stereocenters. The molecule has 0 fully saturated rings. The van der Waals surface area contributed by atoms with E-state index >= 15 is 0 Å². The van der Waals surface area contributed by atoms with Gasteiger partial charge in [0.25, 0.3) is 0 Å². The number of furan rings is 1.